The molecule has 16 heavy (non-hydrogen) atoms. The van der Waals surface area contributed by atoms with E-state index in [4.69, 9.17) is 5.26 Å². The molecular formula is C8H4F2IN3O2. The number of halogens is 3. The third-order valence-electron chi connectivity index (χ3n) is 1.77. The summed E-state index contributed by atoms with van der Waals surface area (Å²) in [5.74, 6) is 0. The Morgan fingerprint density at radius 2 is 2.31 bits per heavy atom. The largest absolute Gasteiger partial charge is 0.297 e. The maximum Gasteiger partial charge on any atom is 0.297 e. The van der Waals surface area contributed by atoms with E-state index in [2.05, 4.69) is 4.98 Å². The van der Waals surface area contributed by atoms with Crippen molar-refractivity contribution in [1.29, 1.82) is 5.26 Å². The van der Waals surface area contributed by atoms with Gasteiger partial charge in [0.15, 0.2) is 0 Å². The van der Waals surface area contributed by atoms with Gasteiger partial charge in [0, 0.05) is 0 Å². The molecule has 0 aliphatic heterocycles. The fourth-order valence-corrected chi connectivity index (χ4v) is 1.93. The van der Waals surface area contributed by atoms with Gasteiger partial charge in [-0.1, -0.05) is 0 Å². The van der Waals surface area contributed by atoms with Crippen molar-refractivity contribution in [3.05, 3.63) is 31.1 Å². The van der Waals surface area contributed by atoms with E-state index in [1.54, 1.807) is 28.7 Å². The van der Waals surface area contributed by atoms with E-state index >= 15 is 0 Å². The van der Waals surface area contributed by atoms with Gasteiger partial charge in [-0.25, -0.2) is 8.78 Å². The summed E-state index contributed by atoms with van der Waals surface area (Å²) in [6.07, 6.45) is -2.36. The molecule has 1 aromatic heterocycles. The highest BCUT2D eigenvalue weighted by atomic mass is 127. The molecule has 0 fully saturated rings. The second-order valence-electron chi connectivity index (χ2n) is 2.71. The van der Waals surface area contributed by atoms with E-state index in [0.717, 1.165) is 6.20 Å². The number of hydrogen-bond acceptors (Lipinski definition) is 4. The molecule has 0 saturated heterocycles. The van der Waals surface area contributed by atoms with Gasteiger partial charge in [0.1, 0.15) is 11.8 Å². The molecule has 84 valence electrons. The van der Waals surface area contributed by atoms with Crippen LogP contribution in [0.15, 0.2) is 6.20 Å². The first-order valence-electron chi connectivity index (χ1n) is 3.95. The van der Waals surface area contributed by atoms with E-state index in [-0.39, 0.29) is 15.7 Å². The second kappa shape index (κ2) is 5.11. The van der Waals surface area contributed by atoms with Gasteiger partial charge < -0.3 is 0 Å². The number of nitrogens with zero attached hydrogens (tertiary/aromatic N) is 3. The first-order chi connectivity index (χ1) is 7.49. The summed E-state index contributed by atoms with van der Waals surface area (Å²) in [7, 11) is 0. The van der Waals surface area contributed by atoms with Crippen molar-refractivity contribution in [3.63, 3.8) is 0 Å². The molecule has 1 heterocycles. The Labute approximate surface area is 102 Å². The number of nitriles is 1. The van der Waals surface area contributed by atoms with E-state index < -0.39 is 22.6 Å². The van der Waals surface area contributed by atoms with Crippen LogP contribution >= 0.6 is 22.6 Å². The van der Waals surface area contributed by atoms with Gasteiger partial charge >= 0.3 is 0 Å². The number of nitro groups is 1. The molecule has 0 aliphatic rings. The summed E-state index contributed by atoms with van der Waals surface area (Å²) >= 11 is 1.54. The minimum absolute atomic E-state index is 0.0247. The van der Waals surface area contributed by atoms with Crippen LogP contribution in [-0.4, -0.2) is 9.91 Å². The molecule has 0 saturated carbocycles. The quantitative estimate of drug-likeness (QED) is 0.482. The van der Waals surface area contributed by atoms with Crippen molar-refractivity contribution < 1.29 is 13.7 Å². The van der Waals surface area contributed by atoms with Crippen LogP contribution in [0.5, 0.6) is 0 Å². The lowest BCUT2D eigenvalue weighted by molar-refractivity contribution is -0.386. The molecule has 0 radical (unpaired) electrons. The summed E-state index contributed by atoms with van der Waals surface area (Å²) in [5, 5.41) is 18.9. The van der Waals surface area contributed by atoms with Crippen LogP contribution < -0.4 is 0 Å². The Morgan fingerprint density at radius 1 is 1.69 bits per heavy atom. The van der Waals surface area contributed by atoms with Gasteiger partial charge in [0.2, 0.25) is 0 Å². The summed E-state index contributed by atoms with van der Waals surface area (Å²) in [6.45, 7) is 0. The van der Waals surface area contributed by atoms with Crippen LogP contribution in [0, 0.1) is 25.0 Å². The van der Waals surface area contributed by atoms with Crippen molar-refractivity contribution in [3.8, 4) is 6.07 Å². The van der Waals surface area contributed by atoms with Gasteiger partial charge in [-0.3, -0.25) is 15.1 Å². The van der Waals surface area contributed by atoms with Crippen molar-refractivity contribution in [1.82, 2.24) is 4.98 Å². The zero-order valence-corrected chi connectivity index (χ0v) is 9.81. The van der Waals surface area contributed by atoms with Crippen molar-refractivity contribution in [2.75, 3.05) is 0 Å². The molecule has 0 amide bonds. The molecule has 0 atom stereocenters. The zero-order valence-electron chi connectivity index (χ0n) is 7.65. The van der Waals surface area contributed by atoms with Crippen molar-refractivity contribution in [2.24, 2.45) is 0 Å². The highest BCUT2D eigenvalue weighted by molar-refractivity contribution is 14.1. The predicted octanol–water partition coefficient (Wildman–Crippen LogP) is 2.60. The van der Waals surface area contributed by atoms with Crippen molar-refractivity contribution in [2.45, 2.75) is 12.8 Å². The number of alkyl halides is 2. The highest BCUT2D eigenvalue weighted by Crippen LogP contribution is 2.33. The lowest BCUT2D eigenvalue weighted by Gasteiger charge is -2.06. The molecule has 5 nitrogen and oxygen atoms in total. The van der Waals surface area contributed by atoms with Crippen LogP contribution in [-0.2, 0) is 6.42 Å². The molecule has 0 bridgehead atoms. The maximum atomic E-state index is 12.6. The minimum atomic E-state index is -2.97. The summed E-state index contributed by atoms with van der Waals surface area (Å²) in [5.41, 5.74) is -1.27. The predicted molar refractivity (Wildman–Crippen MR) is 57.9 cm³/mol. The van der Waals surface area contributed by atoms with Gasteiger partial charge in [-0.2, -0.15) is 5.26 Å². The minimum Gasteiger partial charge on any atom is -0.258 e. The van der Waals surface area contributed by atoms with Crippen LogP contribution in [0.2, 0.25) is 0 Å². The Hall–Kier alpha value is -1.37. The molecule has 0 unspecified atom stereocenters. The van der Waals surface area contributed by atoms with Gasteiger partial charge in [-0.15, -0.1) is 0 Å². The van der Waals surface area contributed by atoms with E-state index in [1.165, 1.54) is 0 Å². The van der Waals surface area contributed by atoms with Crippen LogP contribution in [0.3, 0.4) is 0 Å². The Morgan fingerprint density at radius 3 is 2.75 bits per heavy atom. The number of pyridine rings is 1. The topological polar surface area (TPSA) is 79.8 Å². The normalized spacial score (nSPS) is 10.2. The number of rotatable bonds is 3. The highest BCUT2D eigenvalue weighted by Gasteiger charge is 2.27. The Bertz CT molecular complexity index is 473. The first kappa shape index (κ1) is 12.7. The first-order valence-corrected chi connectivity index (χ1v) is 5.03. The van der Waals surface area contributed by atoms with Crippen LogP contribution in [0.1, 0.15) is 17.7 Å². The van der Waals surface area contributed by atoms with E-state index in [9.17, 15) is 18.9 Å². The summed E-state index contributed by atoms with van der Waals surface area (Å²) in [4.78, 5) is 13.2. The van der Waals surface area contributed by atoms with Gasteiger partial charge in [0.25, 0.3) is 12.1 Å². The second-order valence-corrected chi connectivity index (χ2v) is 3.79. The molecule has 1 rings (SSSR count). The van der Waals surface area contributed by atoms with Crippen LogP contribution in [0.4, 0.5) is 14.5 Å². The molecule has 0 aromatic carbocycles. The fourth-order valence-electron chi connectivity index (χ4n) is 1.08. The molecule has 0 aliphatic carbocycles. The third kappa shape index (κ3) is 2.41. The zero-order chi connectivity index (χ0) is 12.3. The lowest BCUT2D eigenvalue weighted by atomic mass is 10.2. The van der Waals surface area contributed by atoms with Crippen molar-refractivity contribution >= 4 is 28.3 Å². The fraction of sp³-hybridized carbons (Fsp3) is 0.250. The smallest absolute Gasteiger partial charge is 0.258 e. The SMILES string of the molecule is N#CCc1ncc([N+](=O)[O-])c(C(F)F)c1I. The molecule has 1 aromatic rings. The Balaban J connectivity index is 3.43. The van der Waals surface area contributed by atoms with Crippen LogP contribution in [0.25, 0.3) is 0 Å². The number of aromatic nitrogens is 1. The van der Waals surface area contributed by atoms with Gasteiger partial charge in [-0.05, 0) is 22.6 Å². The standard InChI is InChI=1S/C8H4F2IN3O2/c9-8(10)6-5(14(15)16)3-13-4(1-2-12)7(6)11/h3,8H,1H2. The average molecular weight is 339 g/mol. The van der Waals surface area contributed by atoms with Gasteiger partial charge in [0.05, 0.1) is 26.7 Å². The summed E-state index contributed by atoms with van der Waals surface area (Å²) in [6, 6.07) is 1.76. The average Bonchev–Trinajstić information content (AvgIpc) is 2.20. The molecule has 0 spiro atoms. The lowest BCUT2D eigenvalue weighted by Crippen LogP contribution is -2.04. The number of hydrogen-bond donors (Lipinski definition) is 0. The summed E-state index contributed by atoms with van der Waals surface area (Å²) < 4.78 is 25.3. The Kier molecular flexibility index (Phi) is 4.05. The third-order valence-corrected chi connectivity index (χ3v) is 2.97. The molecule has 8 heteroatoms. The molecular weight excluding hydrogens is 335 g/mol. The van der Waals surface area contributed by atoms with E-state index in [1.807, 2.05) is 0 Å². The maximum absolute atomic E-state index is 12.6. The monoisotopic (exact) mass is 339 g/mol. The van der Waals surface area contributed by atoms with E-state index in [0.29, 0.717) is 0 Å². The molecule has 0 N–H and O–H groups in total.